The van der Waals surface area contributed by atoms with Gasteiger partial charge in [0, 0.05) is 11.8 Å². The Kier molecular flexibility index (Phi) is 10.4. The summed E-state index contributed by atoms with van der Waals surface area (Å²) in [5.41, 5.74) is 0. The first-order valence-electron chi connectivity index (χ1n) is 5.96. The largest absolute Gasteiger partial charge is 0.465 e. The van der Waals surface area contributed by atoms with Gasteiger partial charge in [0.15, 0.2) is 0 Å². The van der Waals surface area contributed by atoms with Crippen LogP contribution in [-0.2, 0) is 9.53 Å². The highest BCUT2D eigenvalue weighted by atomic mass is 79.9. The van der Waals surface area contributed by atoms with Gasteiger partial charge in [-0.2, -0.15) is 0 Å². The van der Waals surface area contributed by atoms with Gasteiger partial charge >= 0.3 is 5.97 Å². The second kappa shape index (κ2) is 10.5. The molecule has 0 saturated carbocycles. The standard InChI is InChI=1S/C12H23BrO2/c1-3-6-11(7-4-2)10-15-12(14)8-5-9-13/h11H,3-10H2,1-2H3. The molecule has 0 aliphatic heterocycles. The van der Waals surface area contributed by atoms with Gasteiger partial charge in [0.05, 0.1) is 6.61 Å². The molecule has 0 aromatic heterocycles. The molecule has 0 aliphatic carbocycles. The molecule has 15 heavy (non-hydrogen) atoms. The van der Waals surface area contributed by atoms with E-state index in [0.717, 1.165) is 11.8 Å². The van der Waals surface area contributed by atoms with Crippen molar-refractivity contribution in [3.8, 4) is 0 Å². The summed E-state index contributed by atoms with van der Waals surface area (Å²) in [4.78, 5) is 11.3. The summed E-state index contributed by atoms with van der Waals surface area (Å²) in [6.07, 6.45) is 6.08. The maximum absolute atomic E-state index is 11.3. The highest BCUT2D eigenvalue weighted by Crippen LogP contribution is 2.14. The van der Waals surface area contributed by atoms with E-state index in [0.29, 0.717) is 18.9 Å². The number of rotatable bonds is 9. The Labute approximate surface area is 102 Å². The fourth-order valence-electron chi connectivity index (χ4n) is 1.62. The van der Waals surface area contributed by atoms with Gasteiger partial charge in [-0.25, -0.2) is 0 Å². The van der Waals surface area contributed by atoms with Crippen molar-refractivity contribution in [2.45, 2.75) is 52.4 Å². The summed E-state index contributed by atoms with van der Waals surface area (Å²) in [6.45, 7) is 4.97. The fourth-order valence-corrected chi connectivity index (χ4v) is 1.90. The number of carbonyl (C=O) groups is 1. The summed E-state index contributed by atoms with van der Waals surface area (Å²) >= 11 is 3.30. The van der Waals surface area contributed by atoms with Gasteiger partial charge in [-0.1, -0.05) is 42.6 Å². The van der Waals surface area contributed by atoms with Crippen LogP contribution in [-0.4, -0.2) is 17.9 Å². The Hall–Kier alpha value is -0.0500. The maximum atomic E-state index is 11.3. The third kappa shape index (κ3) is 8.91. The highest BCUT2D eigenvalue weighted by molar-refractivity contribution is 9.09. The molecule has 0 fully saturated rings. The van der Waals surface area contributed by atoms with Crippen LogP contribution < -0.4 is 0 Å². The average Bonchev–Trinajstić information content (AvgIpc) is 2.23. The SMILES string of the molecule is CCCC(CCC)COC(=O)CCCBr. The van der Waals surface area contributed by atoms with Gasteiger partial charge in [0.1, 0.15) is 0 Å². The lowest BCUT2D eigenvalue weighted by Crippen LogP contribution is -2.14. The van der Waals surface area contributed by atoms with Crippen molar-refractivity contribution in [3.05, 3.63) is 0 Å². The van der Waals surface area contributed by atoms with Crippen LogP contribution in [0.1, 0.15) is 52.4 Å². The molecule has 0 amide bonds. The van der Waals surface area contributed by atoms with Crippen LogP contribution in [0.15, 0.2) is 0 Å². The van der Waals surface area contributed by atoms with Crippen molar-refractivity contribution in [2.75, 3.05) is 11.9 Å². The Bertz CT molecular complexity index is 154. The first-order valence-corrected chi connectivity index (χ1v) is 7.08. The van der Waals surface area contributed by atoms with E-state index in [-0.39, 0.29) is 5.97 Å². The van der Waals surface area contributed by atoms with Crippen LogP contribution in [0.2, 0.25) is 0 Å². The predicted octanol–water partition coefficient (Wildman–Crippen LogP) is 3.92. The topological polar surface area (TPSA) is 26.3 Å². The summed E-state index contributed by atoms with van der Waals surface area (Å²) < 4.78 is 5.25. The molecule has 0 rings (SSSR count). The summed E-state index contributed by atoms with van der Waals surface area (Å²) in [5.74, 6) is 0.513. The first-order chi connectivity index (χ1) is 7.24. The lowest BCUT2D eigenvalue weighted by Gasteiger charge is -2.15. The molecule has 0 N–H and O–H groups in total. The monoisotopic (exact) mass is 278 g/mol. The number of halogens is 1. The molecule has 0 spiro atoms. The minimum absolute atomic E-state index is 0.0494. The van der Waals surface area contributed by atoms with Crippen LogP contribution in [0.5, 0.6) is 0 Å². The third-order valence-corrected chi connectivity index (χ3v) is 2.95. The van der Waals surface area contributed by atoms with Crippen LogP contribution in [0.25, 0.3) is 0 Å². The van der Waals surface area contributed by atoms with Gasteiger partial charge in [-0.15, -0.1) is 0 Å². The molecule has 0 aliphatic rings. The number of alkyl halides is 1. The van der Waals surface area contributed by atoms with E-state index in [1.54, 1.807) is 0 Å². The van der Waals surface area contributed by atoms with Crippen molar-refractivity contribution in [2.24, 2.45) is 5.92 Å². The molecule has 0 saturated heterocycles. The summed E-state index contributed by atoms with van der Waals surface area (Å²) in [7, 11) is 0. The van der Waals surface area contributed by atoms with E-state index in [1.165, 1.54) is 25.7 Å². The first kappa shape index (κ1) is 14.9. The lowest BCUT2D eigenvalue weighted by molar-refractivity contribution is -0.145. The van der Waals surface area contributed by atoms with Gasteiger partial charge in [0.2, 0.25) is 0 Å². The Morgan fingerprint density at radius 1 is 1.27 bits per heavy atom. The second-order valence-corrected chi connectivity index (χ2v) is 4.71. The van der Waals surface area contributed by atoms with E-state index in [1.807, 2.05) is 0 Å². The molecule has 90 valence electrons. The molecular formula is C12H23BrO2. The summed E-state index contributed by atoms with van der Waals surface area (Å²) in [6, 6.07) is 0. The van der Waals surface area contributed by atoms with Gasteiger partial charge in [-0.3, -0.25) is 4.79 Å². The highest BCUT2D eigenvalue weighted by Gasteiger charge is 2.10. The number of esters is 1. The van der Waals surface area contributed by atoms with Crippen molar-refractivity contribution >= 4 is 21.9 Å². The quantitative estimate of drug-likeness (QED) is 0.472. The van der Waals surface area contributed by atoms with E-state index in [2.05, 4.69) is 29.8 Å². The minimum atomic E-state index is -0.0494. The third-order valence-electron chi connectivity index (χ3n) is 2.39. The average molecular weight is 279 g/mol. The van der Waals surface area contributed by atoms with Crippen molar-refractivity contribution in [3.63, 3.8) is 0 Å². The van der Waals surface area contributed by atoms with Crippen LogP contribution >= 0.6 is 15.9 Å². The number of ether oxygens (including phenoxy) is 1. The molecule has 0 bridgehead atoms. The number of hydrogen-bond acceptors (Lipinski definition) is 2. The van der Waals surface area contributed by atoms with Gasteiger partial charge in [0.25, 0.3) is 0 Å². The lowest BCUT2D eigenvalue weighted by atomic mass is 9.99. The predicted molar refractivity (Wildman–Crippen MR) is 67.3 cm³/mol. The molecule has 0 atom stereocenters. The zero-order valence-electron chi connectivity index (χ0n) is 9.93. The van der Waals surface area contributed by atoms with Crippen LogP contribution in [0.4, 0.5) is 0 Å². The second-order valence-electron chi connectivity index (χ2n) is 3.92. The normalized spacial score (nSPS) is 10.7. The zero-order valence-corrected chi connectivity index (χ0v) is 11.5. The Morgan fingerprint density at radius 2 is 1.87 bits per heavy atom. The number of carbonyl (C=O) groups excluding carboxylic acids is 1. The van der Waals surface area contributed by atoms with Crippen LogP contribution in [0, 0.1) is 5.92 Å². The molecule has 0 heterocycles. The van der Waals surface area contributed by atoms with Gasteiger partial charge in [-0.05, 0) is 25.2 Å². The molecule has 2 nitrogen and oxygen atoms in total. The minimum Gasteiger partial charge on any atom is -0.465 e. The van der Waals surface area contributed by atoms with E-state index < -0.39 is 0 Å². The number of hydrogen-bond donors (Lipinski definition) is 0. The molecule has 0 unspecified atom stereocenters. The van der Waals surface area contributed by atoms with Crippen molar-refractivity contribution in [1.29, 1.82) is 0 Å². The molecular weight excluding hydrogens is 256 g/mol. The fraction of sp³-hybridized carbons (Fsp3) is 0.917. The maximum Gasteiger partial charge on any atom is 0.305 e. The molecule has 0 radical (unpaired) electrons. The smallest absolute Gasteiger partial charge is 0.305 e. The zero-order chi connectivity index (χ0) is 11.5. The van der Waals surface area contributed by atoms with Crippen LogP contribution in [0.3, 0.4) is 0 Å². The van der Waals surface area contributed by atoms with E-state index in [4.69, 9.17) is 4.74 Å². The van der Waals surface area contributed by atoms with E-state index in [9.17, 15) is 4.79 Å². The van der Waals surface area contributed by atoms with Gasteiger partial charge < -0.3 is 4.74 Å². The Morgan fingerprint density at radius 3 is 2.33 bits per heavy atom. The summed E-state index contributed by atoms with van der Waals surface area (Å²) in [5, 5.41) is 0.870. The molecule has 0 aromatic rings. The Balaban J connectivity index is 3.62. The molecule has 0 aromatic carbocycles. The van der Waals surface area contributed by atoms with Crippen molar-refractivity contribution in [1.82, 2.24) is 0 Å². The molecule has 3 heteroatoms. The van der Waals surface area contributed by atoms with Crippen molar-refractivity contribution < 1.29 is 9.53 Å². The van der Waals surface area contributed by atoms with E-state index >= 15 is 0 Å².